The van der Waals surface area contributed by atoms with Crippen molar-refractivity contribution in [3.63, 3.8) is 0 Å². The quantitative estimate of drug-likeness (QED) is 0.350. The number of para-hydroxylation sites is 1. The van der Waals surface area contributed by atoms with Gasteiger partial charge in [-0.25, -0.2) is 4.39 Å². The Balaban J connectivity index is 1.28. The maximum atomic E-state index is 14.0. The summed E-state index contributed by atoms with van der Waals surface area (Å²) in [5.74, 6) is 0.777. The van der Waals surface area contributed by atoms with Crippen LogP contribution in [0, 0.1) is 5.82 Å². The summed E-state index contributed by atoms with van der Waals surface area (Å²) >= 11 is 0. The monoisotopic (exact) mass is 434 g/mol. The second-order valence-corrected chi connectivity index (χ2v) is 8.39. The third-order valence-electron chi connectivity index (χ3n) is 6.27. The number of anilines is 1. The highest BCUT2D eigenvalue weighted by Gasteiger charge is 2.20. The number of rotatable bonds is 9. The molecule has 2 aliphatic heterocycles. The van der Waals surface area contributed by atoms with E-state index in [0.717, 1.165) is 96.4 Å². The van der Waals surface area contributed by atoms with Crippen LogP contribution in [0.15, 0.2) is 29.3 Å². The van der Waals surface area contributed by atoms with Gasteiger partial charge >= 0.3 is 0 Å². The molecule has 0 saturated carbocycles. The fourth-order valence-electron chi connectivity index (χ4n) is 4.34. The number of ether oxygens (including phenoxy) is 1. The molecule has 31 heavy (non-hydrogen) atoms. The minimum absolute atomic E-state index is 0.125. The zero-order valence-corrected chi connectivity index (χ0v) is 19.2. The van der Waals surface area contributed by atoms with Crippen LogP contribution in [0.5, 0.6) is 0 Å². The van der Waals surface area contributed by atoms with Crippen LogP contribution in [0.2, 0.25) is 0 Å². The first-order valence-corrected chi connectivity index (χ1v) is 11.6. The highest BCUT2D eigenvalue weighted by atomic mass is 19.1. The van der Waals surface area contributed by atoms with Gasteiger partial charge in [0.05, 0.1) is 12.3 Å². The molecule has 2 aliphatic rings. The van der Waals surface area contributed by atoms with Crippen LogP contribution >= 0.6 is 0 Å². The molecule has 3 rings (SSSR count). The molecule has 0 amide bonds. The van der Waals surface area contributed by atoms with Crippen molar-refractivity contribution in [2.75, 3.05) is 84.6 Å². The van der Waals surface area contributed by atoms with E-state index in [2.05, 4.69) is 30.3 Å². The van der Waals surface area contributed by atoms with Crippen molar-refractivity contribution >= 4 is 11.6 Å². The molecule has 1 aromatic carbocycles. The van der Waals surface area contributed by atoms with E-state index in [0.29, 0.717) is 6.04 Å². The highest BCUT2D eigenvalue weighted by molar-refractivity contribution is 5.79. The van der Waals surface area contributed by atoms with Crippen molar-refractivity contribution < 1.29 is 9.13 Å². The number of nitrogens with one attached hydrogen (secondary N) is 2. The number of hydrogen-bond acceptors (Lipinski definition) is 5. The number of halogens is 1. The van der Waals surface area contributed by atoms with E-state index >= 15 is 0 Å². The lowest BCUT2D eigenvalue weighted by atomic mass is 10.1. The predicted octanol–water partition coefficient (Wildman–Crippen LogP) is 1.61. The molecule has 174 valence electrons. The van der Waals surface area contributed by atoms with Crippen molar-refractivity contribution in [1.29, 1.82) is 0 Å². The lowest BCUT2D eigenvalue weighted by molar-refractivity contribution is 0.128. The van der Waals surface area contributed by atoms with Gasteiger partial charge in [-0.15, -0.1) is 0 Å². The Bertz CT molecular complexity index is 672. The van der Waals surface area contributed by atoms with Gasteiger partial charge in [0.15, 0.2) is 5.96 Å². The largest absolute Gasteiger partial charge is 0.383 e. The van der Waals surface area contributed by atoms with E-state index in [1.165, 1.54) is 0 Å². The number of guanidine groups is 1. The number of nitrogens with zero attached hydrogens (tertiary/aromatic N) is 4. The highest BCUT2D eigenvalue weighted by Crippen LogP contribution is 2.20. The number of aliphatic imine (C=N–C) groups is 1. The standard InChI is InChI=1S/C23H39FN6O/c1-25-23(27-20-8-12-29(13-9-20)18-19-31-2)26-10-5-11-28-14-16-30(17-15-28)22-7-4-3-6-21(22)24/h3-4,6-7,20H,5,8-19H2,1-2H3,(H2,25,26,27). The number of hydrogen-bond donors (Lipinski definition) is 2. The molecule has 7 nitrogen and oxygen atoms in total. The Morgan fingerprint density at radius 1 is 1.06 bits per heavy atom. The number of likely N-dealkylation sites (tertiary alicyclic amines) is 1. The average Bonchev–Trinajstić information content (AvgIpc) is 2.81. The molecule has 0 radical (unpaired) electrons. The topological polar surface area (TPSA) is 55.4 Å². The first-order valence-electron chi connectivity index (χ1n) is 11.6. The van der Waals surface area contributed by atoms with Crippen molar-refractivity contribution in [3.8, 4) is 0 Å². The molecule has 0 bridgehead atoms. The van der Waals surface area contributed by atoms with Crippen LogP contribution in [0.25, 0.3) is 0 Å². The molecule has 0 aliphatic carbocycles. The van der Waals surface area contributed by atoms with E-state index in [1.54, 1.807) is 19.2 Å². The second kappa shape index (κ2) is 12.8. The lowest BCUT2D eigenvalue weighted by Crippen LogP contribution is -2.50. The molecule has 2 heterocycles. The summed E-state index contributed by atoms with van der Waals surface area (Å²) in [6.45, 7) is 9.69. The predicted molar refractivity (Wildman–Crippen MR) is 126 cm³/mol. The number of piperazine rings is 1. The van der Waals surface area contributed by atoms with E-state index < -0.39 is 0 Å². The third kappa shape index (κ3) is 7.63. The van der Waals surface area contributed by atoms with Gasteiger partial charge in [-0.1, -0.05) is 12.1 Å². The molecule has 2 fully saturated rings. The van der Waals surface area contributed by atoms with Gasteiger partial charge < -0.3 is 25.2 Å². The summed E-state index contributed by atoms with van der Waals surface area (Å²) < 4.78 is 19.2. The van der Waals surface area contributed by atoms with Crippen LogP contribution in [-0.2, 0) is 4.74 Å². The fourth-order valence-corrected chi connectivity index (χ4v) is 4.34. The van der Waals surface area contributed by atoms with E-state index in [9.17, 15) is 4.39 Å². The maximum Gasteiger partial charge on any atom is 0.191 e. The Kier molecular flexibility index (Phi) is 9.84. The lowest BCUT2D eigenvalue weighted by Gasteiger charge is -2.36. The Morgan fingerprint density at radius 2 is 1.77 bits per heavy atom. The Labute approximate surface area is 186 Å². The molecule has 2 saturated heterocycles. The summed E-state index contributed by atoms with van der Waals surface area (Å²) in [7, 11) is 3.60. The molecule has 8 heteroatoms. The van der Waals surface area contributed by atoms with Crippen molar-refractivity contribution in [2.24, 2.45) is 4.99 Å². The van der Waals surface area contributed by atoms with Gasteiger partial charge in [-0.05, 0) is 37.9 Å². The summed E-state index contributed by atoms with van der Waals surface area (Å²) in [6.07, 6.45) is 3.34. The molecular weight excluding hydrogens is 395 g/mol. The van der Waals surface area contributed by atoms with Crippen LogP contribution in [-0.4, -0.2) is 101 Å². The Morgan fingerprint density at radius 3 is 2.45 bits per heavy atom. The first-order chi connectivity index (χ1) is 15.2. The SMILES string of the molecule is CN=C(NCCCN1CCN(c2ccccc2F)CC1)NC1CCN(CCOC)CC1. The van der Waals surface area contributed by atoms with Crippen LogP contribution in [0.3, 0.4) is 0 Å². The fraction of sp³-hybridized carbons (Fsp3) is 0.696. The Hall–Kier alpha value is -1.90. The zero-order chi connectivity index (χ0) is 21.9. The van der Waals surface area contributed by atoms with Crippen LogP contribution in [0.4, 0.5) is 10.1 Å². The van der Waals surface area contributed by atoms with Gasteiger partial charge in [-0.3, -0.25) is 9.89 Å². The van der Waals surface area contributed by atoms with Gasteiger partial charge in [0.1, 0.15) is 5.82 Å². The normalized spacial score (nSPS) is 19.6. The molecule has 0 aromatic heterocycles. The van der Waals surface area contributed by atoms with Crippen LogP contribution in [0.1, 0.15) is 19.3 Å². The summed E-state index contributed by atoms with van der Waals surface area (Å²) in [4.78, 5) is 11.5. The van der Waals surface area contributed by atoms with E-state index in [1.807, 2.05) is 19.2 Å². The van der Waals surface area contributed by atoms with E-state index in [4.69, 9.17) is 4.74 Å². The minimum Gasteiger partial charge on any atom is -0.383 e. The van der Waals surface area contributed by atoms with Crippen molar-refractivity contribution in [1.82, 2.24) is 20.4 Å². The average molecular weight is 435 g/mol. The molecule has 1 aromatic rings. The van der Waals surface area contributed by atoms with Gasteiger partial charge in [-0.2, -0.15) is 0 Å². The zero-order valence-electron chi connectivity index (χ0n) is 19.2. The number of methoxy groups -OCH3 is 1. The third-order valence-corrected chi connectivity index (χ3v) is 6.27. The summed E-state index contributed by atoms with van der Waals surface area (Å²) in [6, 6.07) is 7.55. The summed E-state index contributed by atoms with van der Waals surface area (Å²) in [5, 5.41) is 7.04. The molecule has 0 spiro atoms. The van der Waals surface area contributed by atoms with Gasteiger partial charge in [0.25, 0.3) is 0 Å². The summed E-state index contributed by atoms with van der Waals surface area (Å²) in [5.41, 5.74) is 0.725. The molecule has 0 atom stereocenters. The smallest absolute Gasteiger partial charge is 0.191 e. The maximum absolute atomic E-state index is 14.0. The molecular formula is C23H39FN6O. The minimum atomic E-state index is -0.125. The van der Waals surface area contributed by atoms with Gasteiger partial charge in [0.2, 0.25) is 0 Å². The van der Waals surface area contributed by atoms with Crippen molar-refractivity contribution in [2.45, 2.75) is 25.3 Å². The first kappa shape index (κ1) is 23.8. The molecule has 0 unspecified atom stereocenters. The molecule has 2 N–H and O–H groups in total. The number of benzene rings is 1. The van der Waals surface area contributed by atoms with E-state index in [-0.39, 0.29) is 5.82 Å². The van der Waals surface area contributed by atoms with Gasteiger partial charge in [0, 0.05) is 72.6 Å². The van der Waals surface area contributed by atoms with Crippen molar-refractivity contribution in [3.05, 3.63) is 30.1 Å². The number of piperidine rings is 1. The van der Waals surface area contributed by atoms with Crippen LogP contribution < -0.4 is 15.5 Å². The second-order valence-electron chi connectivity index (χ2n) is 8.39.